The van der Waals surface area contributed by atoms with Crippen LogP contribution in [0.25, 0.3) is 0 Å². The van der Waals surface area contributed by atoms with Crippen molar-refractivity contribution in [2.75, 3.05) is 5.75 Å². The molecule has 0 aliphatic rings. The van der Waals surface area contributed by atoms with E-state index in [4.69, 9.17) is 17.3 Å². The van der Waals surface area contributed by atoms with Gasteiger partial charge in [-0.05, 0) is 20.3 Å². The quantitative estimate of drug-likeness (QED) is 0.861. The van der Waals surface area contributed by atoms with Crippen LogP contribution in [-0.2, 0) is 29.5 Å². The van der Waals surface area contributed by atoms with Gasteiger partial charge in [-0.2, -0.15) is 5.10 Å². The van der Waals surface area contributed by atoms with Crippen molar-refractivity contribution in [1.82, 2.24) is 9.78 Å². The summed E-state index contributed by atoms with van der Waals surface area (Å²) in [7, 11) is -0.982. The van der Waals surface area contributed by atoms with Gasteiger partial charge >= 0.3 is 0 Å². The second kappa shape index (κ2) is 6.52. The maximum atomic E-state index is 11.9. The second-order valence-electron chi connectivity index (χ2n) is 4.10. The molecule has 0 aliphatic heterocycles. The molecule has 6 heteroatoms. The Balaban J connectivity index is 2.89. The first-order valence-electron chi connectivity index (χ1n) is 5.84. The van der Waals surface area contributed by atoms with Crippen LogP contribution < -0.4 is 5.73 Å². The van der Waals surface area contributed by atoms with E-state index in [1.54, 1.807) is 0 Å². The fourth-order valence-corrected chi connectivity index (χ4v) is 3.38. The van der Waals surface area contributed by atoms with Crippen molar-refractivity contribution in [1.29, 1.82) is 0 Å². The molecular weight excluding hydrogens is 258 g/mol. The van der Waals surface area contributed by atoms with Crippen molar-refractivity contribution in [3.8, 4) is 0 Å². The summed E-state index contributed by atoms with van der Waals surface area (Å²) in [6.45, 7) is 6.61. The van der Waals surface area contributed by atoms with Crippen molar-refractivity contribution in [2.24, 2.45) is 5.73 Å². The summed E-state index contributed by atoms with van der Waals surface area (Å²) in [6.07, 6.45) is 0.790. The largest absolute Gasteiger partial charge is 0.327 e. The Morgan fingerprint density at radius 2 is 2.18 bits per heavy atom. The summed E-state index contributed by atoms with van der Waals surface area (Å²) in [5, 5.41) is 5.06. The Morgan fingerprint density at radius 3 is 2.65 bits per heavy atom. The summed E-state index contributed by atoms with van der Waals surface area (Å²) in [5.74, 6) is 0.924. The lowest BCUT2D eigenvalue weighted by atomic mass is 10.3. The molecule has 1 aromatic rings. The topological polar surface area (TPSA) is 60.9 Å². The third-order valence-electron chi connectivity index (χ3n) is 2.44. The number of nitrogens with zero attached hydrogens (tertiary/aromatic N) is 2. The highest BCUT2D eigenvalue weighted by molar-refractivity contribution is 7.84. The molecule has 0 radical (unpaired) electrons. The number of aryl methyl sites for hydroxylation is 2. The van der Waals surface area contributed by atoms with Gasteiger partial charge in [-0.3, -0.25) is 8.89 Å². The molecule has 0 fully saturated rings. The first kappa shape index (κ1) is 14.7. The van der Waals surface area contributed by atoms with Crippen LogP contribution in [0.2, 0.25) is 5.02 Å². The van der Waals surface area contributed by atoms with Gasteiger partial charge in [0.15, 0.2) is 0 Å². The molecule has 0 spiro atoms. The van der Waals surface area contributed by atoms with E-state index < -0.39 is 10.8 Å². The second-order valence-corrected chi connectivity index (χ2v) is 5.98. The summed E-state index contributed by atoms with van der Waals surface area (Å²) < 4.78 is 13.7. The molecular formula is C11H20ClN3OS. The minimum absolute atomic E-state index is 0.0572. The molecule has 0 amide bonds. The van der Waals surface area contributed by atoms with Gasteiger partial charge in [0.2, 0.25) is 0 Å². The average molecular weight is 278 g/mol. The van der Waals surface area contributed by atoms with Gasteiger partial charge in [0.05, 0.1) is 22.2 Å². The number of nitrogens with two attached hydrogens (primary N) is 1. The first-order valence-corrected chi connectivity index (χ1v) is 7.70. The molecule has 0 saturated carbocycles. The van der Waals surface area contributed by atoms with Gasteiger partial charge in [0, 0.05) is 29.1 Å². The van der Waals surface area contributed by atoms with Gasteiger partial charge < -0.3 is 5.73 Å². The van der Waals surface area contributed by atoms with E-state index in [0.29, 0.717) is 16.5 Å². The number of halogens is 1. The van der Waals surface area contributed by atoms with Gasteiger partial charge in [-0.15, -0.1) is 0 Å². The van der Waals surface area contributed by atoms with E-state index >= 15 is 0 Å². The fraction of sp³-hybridized carbons (Fsp3) is 0.727. The lowest BCUT2D eigenvalue weighted by Gasteiger charge is -2.07. The molecule has 0 saturated heterocycles. The lowest BCUT2D eigenvalue weighted by molar-refractivity contribution is 0.622. The molecule has 1 aromatic heterocycles. The molecule has 0 aromatic carbocycles. The molecule has 17 heavy (non-hydrogen) atoms. The zero-order valence-electron chi connectivity index (χ0n) is 10.6. The fourth-order valence-electron chi connectivity index (χ4n) is 1.66. The molecule has 98 valence electrons. The number of hydrogen-bond acceptors (Lipinski definition) is 3. The number of hydrogen-bond donors (Lipinski definition) is 1. The zero-order chi connectivity index (χ0) is 13.0. The zero-order valence-corrected chi connectivity index (χ0v) is 12.1. The molecule has 1 heterocycles. The highest BCUT2D eigenvalue weighted by Gasteiger charge is 2.16. The number of rotatable bonds is 6. The third-order valence-corrected chi connectivity index (χ3v) is 4.37. The normalized spacial score (nSPS) is 14.9. The Labute approximate surface area is 110 Å². The van der Waals surface area contributed by atoms with Crippen molar-refractivity contribution in [3.63, 3.8) is 0 Å². The lowest BCUT2D eigenvalue weighted by Crippen LogP contribution is -2.24. The van der Waals surface area contributed by atoms with Crippen molar-refractivity contribution in [2.45, 2.75) is 45.5 Å². The predicted molar refractivity (Wildman–Crippen MR) is 72.7 cm³/mol. The van der Waals surface area contributed by atoms with E-state index in [-0.39, 0.29) is 6.04 Å². The van der Waals surface area contributed by atoms with E-state index in [1.807, 2.05) is 25.5 Å². The van der Waals surface area contributed by atoms with E-state index in [2.05, 4.69) is 5.10 Å². The summed E-state index contributed by atoms with van der Waals surface area (Å²) in [4.78, 5) is 0. The molecule has 2 N–H and O–H groups in total. The van der Waals surface area contributed by atoms with Gasteiger partial charge in [-0.1, -0.05) is 18.5 Å². The molecule has 1 rings (SSSR count). The smallest absolute Gasteiger partial charge is 0.0859 e. The van der Waals surface area contributed by atoms with Crippen LogP contribution in [-0.4, -0.2) is 25.8 Å². The monoisotopic (exact) mass is 277 g/mol. The average Bonchev–Trinajstić information content (AvgIpc) is 2.55. The maximum absolute atomic E-state index is 11.9. The summed E-state index contributed by atoms with van der Waals surface area (Å²) >= 11 is 6.24. The van der Waals surface area contributed by atoms with Crippen molar-refractivity contribution < 1.29 is 4.21 Å². The highest BCUT2D eigenvalue weighted by atomic mass is 35.5. The van der Waals surface area contributed by atoms with Crippen LogP contribution in [0.4, 0.5) is 0 Å². The van der Waals surface area contributed by atoms with Crippen LogP contribution in [0.3, 0.4) is 0 Å². The van der Waals surface area contributed by atoms with E-state index in [0.717, 1.165) is 24.4 Å². The first-order chi connectivity index (χ1) is 7.99. The Hall–Kier alpha value is -0.390. The summed E-state index contributed by atoms with van der Waals surface area (Å²) in [5.41, 5.74) is 7.38. The Morgan fingerprint density at radius 1 is 1.53 bits per heavy atom. The molecule has 2 unspecified atom stereocenters. The van der Waals surface area contributed by atoms with Crippen molar-refractivity contribution in [3.05, 3.63) is 16.4 Å². The molecule has 0 bridgehead atoms. The van der Waals surface area contributed by atoms with Crippen LogP contribution in [0.5, 0.6) is 0 Å². The van der Waals surface area contributed by atoms with Crippen LogP contribution >= 0.6 is 11.6 Å². The third kappa shape index (κ3) is 3.79. The van der Waals surface area contributed by atoms with Gasteiger partial charge in [-0.25, -0.2) is 0 Å². The van der Waals surface area contributed by atoms with Crippen molar-refractivity contribution >= 4 is 22.4 Å². The Kier molecular flexibility index (Phi) is 5.62. The van der Waals surface area contributed by atoms with E-state index in [9.17, 15) is 4.21 Å². The predicted octanol–water partition coefficient (Wildman–Crippen LogP) is 1.71. The SMILES string of the molecule is CCc1nn(CC)c(CS(=O)CC(C)N)c1Cl. The highest BCUT2D eigenvalue weighted by Crippen LogP contribution is 2.23. The van der Waals surface area contributed by atoms with Gasteiger partial charge in [0.25, 0.3) is 0 Å². The van der Waals surface area contributed by atoms with Crippen LogP contribution in [0.1, 0.15) is 32.2 Å². The molecule has 0 aliphatic carbocycles. The number of aromatic nitrogens is 2. The minimum Gasteiger partial charge on any atom is -0.327 e. The molecule has 2 atom stereocenters. The Bertz CT molecular complexity index is 404. The molecule has 4 nitrogen and oxygen atoms in total. The van der Waals surface area contributed by atoms with Crippen LogP contribution in [0.15, 0.2) is 0 Å². The van der Waals surface area contributed by atoms with E-state index in [1.165, 1.54) is 0 Å². The minimum atomic E-state index is -0.982. The van der Waals surface area contributed by atoms with Crippen LogP contribution in [0, 0.1) is 0 Å². The summed E-state index contributed by atoms with van der Waals surface area (Å²) in [6, 6.07) is -0.0572. The maximum Gasteiger partial charge on any atom is 0.0859 e. The standard InChI is InChI=1S/C11H20ClN3OS/c1-4-9-11(12)10(15(5-2)14-9)7-17(16)6-8(3)13/h8H,4-7,13H2,1-3H3. The van der Waals surface area contributed by atoms with Gasteiger partial charge in [0.1, 0.15) is 0 Å².